The maximum absolute atomic E-state index is 11.6. The predicted octanol–water partition coefficient (Wildman–Crippen LogP) is 0.506. The van der Waals surface area contributed by atoms with Gasteiger partial charge in [-0.2, -0.15) is 0 Å². The second-order valence-corrected chi connectivity index (χ2v) is 4.60. The summed E-state index contributed by atoms with van der Waals surface area (Å²) in [6.07, 6.45) is 4.44. The first kappa shape index (κ1) is 16.7. The van der Waals surface area contributed by atoms with E-state index in [1.54, 1.807) is 6.92 Å². The zero-order valence-electron chi connectivity index (χ0n) is 12.1. The highest BCUT2D eigenvalue weighted by atomic mass is 16.2. The minimum absolute atomic E-state index is 0.137. The van der Waals surface area contributed by atoms with E-state index in [1.165, 1.54) is 6.07 Å². The SMILES string of the molecule is Cc1cc(=O)[nH]c(NC(=O)NCCCCCCNC=O)n1. The molecule has 3 amide bonds. The van der Waals surface area contributed by atoms with Crippen molar-refractivity contribution < 1.29 is 9.59 Å². The van der Waals surface area contributed by atoms with Crippen molar-refractivity contribution in [2.24, 2.45) is 0 Å². The lowest BCUT2D eigenvalue weighted by atomic mass is 10.2. The Bertz CT molecular complexity index is 515. The van der Waals surface area contributed by atoms with Crippen molar-refractivity contribution in [3.8, 4) is 0 Å². The standard InChI is InChI=1S/C13H21N5O3/c1-10-8-11(20)17-12(16-10)18-13(21)15-7-5-3-2-4-6-14-9-19/h8-9H,2-7H2,1H3,(H,14,19)(H3,15,16,17,18,20,21). The number of carbonyl (C=O) groups is 2. The summed E-state index contributed by atoms with van der Waals surface area (Å²) in [4.78, 5) is 39.2. The maximum atomic E-state index is 11.6. The molecule has 0 saturated heterocycles. The lowest BCUT2D eigenvalue weighted by Crippen LogP contribution is -2.31. The van der Waals surface area contributed by atoms with Gasteiger partial charge in [0.1, 0.15) is 0 Å². The van der Waals surface area contributed by atoms with Crippen LogP contribution in [0.4, 0.5) is 10.7 Å². The van der Waals surface area contributed by atoms with Crippen molar-refractivity contribution in [2.45, 2.75) is 32.6 Å². The number of hydrogen-bond donors (Lipinski definition) is 4. The van der Waals surface area contributed by atoms with Gasteiger partial charge in [0.2, 0.25) is 12.4 Å². The topological polar surface area (TPSA) is 116 Å². The van der Waals surface area contributed by atoms with E-state index in [0.717, 1.165) is 25.7 Å². The van der Waals surface area contributed by atoms with Gasteiger partial charge in [-0.3, -0.25) is 19.9 Å². The van der Waals surface area contributed by atoms with Crippen molar-refractivity contribution in [3.05, 3.63) is 22.1 Å². The number of anilines is 1. The van der Waals surface area contributed by atoms with E-state index in [4.69, 9.17) is 0 Å². The number of unbranched alkanes of at least 4 members (excludes halogenated alkanes) is 3. The lowest BCUT2D eigenvalue weighted by molar-refractivity contribution is -0.109. The molecule has 0 spiro atoms. The average Bonchev–Trinajstić information content (AvgIpc) is 2.40. The molecule has 0 saturated carbocycles. The molecule has 8 nitrogen and oxygen atoms in total. The highest BCUT2D eigenvalue weighted by Gasteiger charge is 2.03. The van der Waals surface area contributed by atoms with Crippen LogP contribution >= 0.6 is 0 Å². The Labute approximate surface area is 122 Å². The molecule has 1 rings (SSSR count). The summed E-state index contributed by atoms with van der Waals surface area (Å²) in [5, 5.41) is 7.76. The third-order valence-corrected chi connectivity index (χ3v) is 2.72. The van der Waals surface area contributed by atoms with Crippen molar-refractivity contribution in [1.29, 1.82) is 0 Å². The molecule has 1 heterocycles. The number of H-pyrrole nitrogens is 1. The molecule has 0 radical (unpaired) electrons. The summed E-state index contributed by atoms with van der Waals surface area (Å²) in [7, 11) is 0. The zero-order valence-corrected chi connectivity index (χ0v) is 12.1. The summed E-state index contributed by atoms with van der Waals surface area (Å²) < 4.78 is 0. The van der Waals surface area contributed by atoms with Gasteiger partial charge in [0, 0.05) is 24.8 Å². The fraction of sp³-hybridized carbons (Fsp3) is 0.538. The van der Waals surface area contributed by atoms with Gasteiger partial charge in [-0.05, 0) is 19.8 Å². The van der Waals surface area contributed by atoms with Gasteiger partial charge >= 0.3 is 6.03 Å². The van der Waals surface area contributed by atoms with Crippen molar-refractivity contribution in [1.82, 2.24) is 20.6 Å². The van der Waals surface area contributed by atoms with Crippen LogP contribution in [0.1, 0.15) is 31.4 Å². The molecular weight excluding hydrogens is 274 g/mol. The molecule has 116 valence electrons. The fourth-order valence-electron chi connectivity index (χ4n) is 1.76. The summed E-state index contributed by atoms with van der Waals surface area (Å²) in [6, 6.07) is 0.953. The van der Waals surface area contributed by atoms with E-state index >= 15 is 0 Å². The monoisotopic (exact) mass is 295 g/mol. The Kier molecular flexibility index (Phi) is 7.55. The minimum atomic E-state index is -0.397. The molecule has 0 fully saturated rings. The Morgan fingerprint density at radius 3 is 2.67 bits per heavy atom. The maximum Gasteiger partial charge on any atom is 0.321 e. The van der Waals surface area contributed by atoms with E-state index in [-0.39, 0.29) is 11.5 Å². The average molecular weight is 295 g/mol. The van der Waals surface area contributed by atoms with Crippen LogP contribution in [0.5, 0.6) is 0 Å². The number of carbonyl (C=O) groups excluding carboxylic acids is 2. The molecule has 0 aliphatic heterocycles. The fourth-order valence-corrected chi connectivity index (χ4v) is 1.76. The van der Waals surface area contributed by atoms with Gasteiger partial charge in [0.15, 0.2) is 0 Å². The molecule has 8 heteroatoms. The van der Waals surface area contributed by atoms with Gasteiger partial charge in [0.25, 0.3) is 5.56 Å². The highest BCUT2D eigenvalue weighted by molar-refractivity contribution is 5.87. The van der Waals surface area contributed by atoms with Crippen LogP contribution < -0.4 is 21.5 Å². The van der Waals surface area contributed by atoms with Crippen LogP contribution in [-0.2, 0) is 4.79 Å². The van der Waals surface area contributed by atoms with Crippen LogP contribution in [0, 0.1) is 6.92 Å². The number of aromatic amines is 1. The van der Waals surface area contributed by atoms with Gasteiger partial charge in [-0.15, -0.1) is 0 Å². The van der Waals surface area contributed by atoms with E-state index in [9.17, 15) is 14.4 Å². The highest BCUT2D eigenvalue weighted by Crippen LogP contribution is 1.98. The van der Waals surface area contributed by atoms with Gasteiger partial charge < -0.3 is 10.6 Å². The first-order chi connectivity index (χ1) is 10.1. The molecule has 0 aromatic carbocycles. The summed E-state index contributed by atoms with van der Waals surface area (Å²) in [5.74, 6) is 0.137. The number of rotatable bonds is 9. The van der Waals surface area contributed by atoms with Crippen LogP contribution in [0.25, 0.3) is 0 Å². The Balaban J connectivity index is 2.14. The molecule has 0 aliphatic carbocycles. The van der Waals surface area contributed by atoms with Gasteiger partial charge in [0.05, 0.1) is 0 Å². The number of urea groups is 1. The molecule has 4 N–H and O–H groups in total. The number of nitrogens with one attached hydrogen (secondary N) is 4. The summed E-state index contributed by atoms with van der Waals surface area (Å²) in [6.45, 7) is 2.91. The van der Waals surface area contributed by atoms with E-state index in [2.05, 4.69) is 25.9 Å². The van der Waals surface area contributed by atoms with Crippen molar-refractivity contribution >= 4 is 18.4 Å². The van der Waals surface area contributed by atoms with Gasteiger partial charge in [-0.1, -0.05) is 12.8 Å². The number of aromatic nitrogens is 2. The smallest absolute Gasteiger partial charge is 0.321 e. The third kappa shape index (κ3) is 7.71. The van der Waals surface area contributed by atoms with E-state index in [0.29, 0.717) is 25.2 Å². The molecule has 1 aromatic heterocycles. The van der Waals surface area contributed by atoms with E-state index in [1.807, 2.05) is 0 Å². The molecule has 21 heavy (non-hydrogen) atoms. The van der Waals surface area contributed by atoms with Crippen LogP contribution in [0.15, 0.2) is 10.9 Å². The number of aryl methyl sites for hydroxylation is 1. The van der Waals surface area contributed by atoms with E-state index < -0.39 is 6.03 Å². The second-order valence-electron chi connectivity index (χ2n) is 4.60. The number of nitrogens with zero attached hydrogens (tertiary/aromatic N) is 1. The first-order valence-electron chi connectivity index (χ1n) is 6.91. The molecule has 0 aliphatic rings. The second kappa shape index (κ2) is 9.51. The number of amides is 3. The van der Waals surface area contributed by atoms with Crippen molar-refractivity contribution in [2.75, 3.05) is 18.4 Å². The third-order valence-electron chi connectivity index (χ3n) is 2.72. The van der Waals surface area contributed by atoms with Gasteiger partial charge in [-0.25, -0.2) is 9.78 Å². The van der Waals surface area contributed by atoms with Crippen LogP contribution in [-0.4, -0.2) is 35.5 Å². The molecule has 1 aromatic rings. The largest absolute Gasteiger partial charge is 0.359 e. The first-order valence-corrected chi connectivity index (χ1v) is 6.91. The Morgan fingerprint density at radius 1 is 1.29 bits per heavy atom. The molecule has 0 unspecified atom stereocenters. The zero-order chi connectivity index (χ0) is 15.5. The quantitative estimate of drug-likeness (QED) is 0.392. The molecular formula is C13H21N5O3. The molecule has 0 bridgehead atoms. The van der Waals surface area contributed by atoms with Crippen molar-refractivity contribution in [3.63, 3.8) is 0 Å². The normalized spacial score (nSPS) is 9.95. The Hall–Kier alpha value is -2.38. The molecule has 0 atom stereocenters. The van der Waals surface area contributed by atoms with Crippen LogP contribution in [0.3, 0.4) is 0 Å². The Morgan fingerprint density at radius 2 is 2.00 bits per heavy atom. The summed E-state index contributed by atoms with van der Waals surface area (Å²) >= 11 is 0. The predicted molar refractivity (Wildman–Crippen MR) is 79.2 cm³/mol. The minimum Gasteiger partial charge on any atom is -0.359 e. The summed E-state index contributed by atoms with van der Waals surface area (Å²) in [5.41, 5.74) is 0.236. The number of hydrogen-bond acceptors (Lipinski definition) is 4. The lowest BCUT2D eigenvalue weighted by Gasteiger charge is -2.07. The van der Waals surface area contributed by atoms with Crippen LogP contribution in [0.2, 0.25) is 0 Å².